The van der Waals surface area contributed by atoms with Crippen molar-refractivity contribution < 1.29 is 19.4 Å². The van der Waals surface area contributed by atoms with Crippen molar-refractivity contribution in [3.63, 3.8) is 0 Å². The molecule has 2 aliphatic carbocycles. The number of amides is 1. The molecule has 0 spiro atoms. The molecule has 2 aromatic rings. The lowest BCUT2D eigenvalue weighted by atomic mass is 9.73. The quantitative estimate of drug-likeness (QED) is 0.731. The summed E-state index contributed by atoms with van der Waals surface area (Å²) in [5.41, 5.74) is 4.99. The second kappa shape index (κ2) is 8.30. The fourth-order valence-electron chi connectivity index (χ4n) is 5.42. The Bertz CT molecular complexity index is 1090. The number of nitrogens with zero attached hydrogens (tertiary/aromatic N) is 1. The maximum atomic E-state index is 12.9. The van der Waals surface area contributed by atoms with Crippen LogP contribution >= 0.6 is 0 Å². The van der Waals surface area contributed by atoms with E-state index < -0.39 is 11.4 Å². The predicted octanol–water partition coefficient (Wildman–Crippen LogP) is 5.14. The normalized spacial score (nSPS) is 21.1. The van der Waals surface area contributed by atoms with E-state index in [1.165, 1.54) is 22.3 Å². The third-order valence-electron chi connectivity index (χ3n) is 7.23. The Balaban J connectivity index is 1.26. The zero-order valence-electron chi connectivity index (χ0n) is 18.0. The van der Waals surface area contributed by atoms with E-state index >= 15 is 0 Å². The monoisotopic (exact) mass is 429 g/mol. The van der Waals surface area contributed by atoms with Crippen LogP contribution in [-0.4, -0.2) is 41.8 Å². The summed E-state index contributed by atoms with van der Waals surface area (Å²) in [6.07, 6.45) is 6.84. The Kier molecular flexibility index (Phi) is 5.33. The molecule has 0 saturated carbocycles. The molecule has 5 rings (SSSR count). The van der Waals surface area contributed by atoms with Gasteiger partial charge in [0.1, 0.15) is 6.61 Å². The van der Waals surface area contributed by atoms with E-state index in [0.717, 1.165) is 18.4 Å². The van der Waals surface area contributed by atoms with Crippen molar-refractivity contribution in [2.45, 2.75) is 37.0 Å². The minimum absolute atomic E-state index is 0.0638. The maximum absolute atomic E-state index is 12.9. The fraction of sp³-hybridized carbons (Fsp3) is 0.333. The summed E-state index contributed by atoms with van der Waals surface area (Å²) in [7, 11) is 0. The van der Waals surface area contributed by atoms with E-state index in [-0.39, 0.29) is 12.0 Å². The van der Waals surface area contributed by atoms with Gasteiger partial charge in [-0.25, -0.2) is 4.79 Å². The zero-order valence-corrected chi connectivity index (χ0v) is 18.0. The topological polar surface area (TPSA) is 66.8 Å². The Morgan fingerprint density at radius 2 is 1.75 bits per heavy atom. The number of ether oxygens (including phenoxy) is 1. The molecule has 1 heterocycles. The van der Waals surface area contributed by atoms with Gasteiger partial charge >= 0.3 is 12.1 Å². The number of carbonyl (C=O) groups excluding carboxylic acids is 1. The Labute approximate surface area is 188 Å². The molecular weight excluding hydrogens is 402 g/mol. The highest BCUT2D eigenvalue weighted by atomic mass is 16.6. The van der Waals surface area contributed by atoms with Crippen molar-refractivity contribution >= 4 is 17.6 Å². The molecule has 1 N–H and O–H groups in total. The van der Waals surface area contributed by atoms with Crippen molar-refractivity contribution in [1.82, 2.24) is 4.90 Å². The zero-order chi connectivity index (χ0) is 22.1. The van der Waals surface area contributed by atoms with Crippen LogP contribution in [0.2, 0.25) is 0 Å². The number of carboxylic acid groups (broad SMARTS) is 1. The van der Waals surface area contributed by atoms with Crippen molar-refractivity contribution in [2.75, 3.05) is 19.7 Å². The van der Waals surface area contributed by atoms with Crippen LogP contribution in [0.3, 0.4) is 0 Å². The van der Waals surface area contributed by atoms with E-state index in [9.17, 15) is 14.7 Å². The summed E-state index contributed by atoms with van der Waals surface area (Å²) in [6, 6.07) is 17.7. The van der Waals surface area contributed by atoms with Crippen molar-refractivity contribution in [1.29, 1.82) is 0 Å². The molecule has 0 radical (unpaired) electrons. The predicted molar refractivity (Wildman–Crippen MR) is 122 cm³/mol. The SMILES string of the molecule is O=C(OCC1C2=C(CCC=C2)c2ccccc21)N1CCC(C(=O)O)(c2ccccc2)CC1. The van der Waals surface area contributed by atoms with Gasteiger partial charge in [0.25, 0.3) is 0 Å². The molecule has 5 heteroatoms. The van der Waals surface area contributed by atoms with Gasteiger partial charge in [0.15, 0.2) is 0 Å². The van der Waals surface area contributed by atoms with E-state index in [4.69, 9.17) is 4.74 Å². The summed E-state index contributed by atoms with van der Waals surface area (Å²) < 4.78 is 5.78. The molecule has 0 aromatic heterocycles. The van der Waals surface area contributed by atoms with Crippen LogP contribution in [0.4, 0.5) is 4.79 Å². The van der Waals surface area contributed by atoms with E-state index in [1.807, 2.05) is 36.4 Å². The molecule has 164 valence electrons. The molecule has 1 aliphatic heterocycles. The molecule has 3 aliphatic rings. The van der Waals surface area contributed by atoms with Gasteiger partial charge in [-0.3, -0.25) is 4.79 Å². The van der Waals surface area contributed by atoms with Crippen molar-refractivity contribution in [2.24, 2.45) is 0 Å². The molecule has 1 amide bonds. The summed E-state index contributed by atoms with van der Waals surface area (Å²) >= 11 is 0. The van der Waals surface area contributed by atoms with Crippen molar-refractivity contribution in [3.8, 4) is 0 Å². The highest BCUT2D eigenvalue weighted by Crippen LogP contribution is 2.46. The van der Waals surface area contributed by atoms with E-state index in [0.29, 0.717) is 32.5 Å². The van der Waals surface area contributed by atoms with Crippen LogP contribution in [0.25, 0.3) is 5.57 Å². The highest BCUT2D eigenvalue weighted by Gasteiger charge is 2.44. The number of fused-ring (bicyclic) bond motifs is 2. The minimum Gasteiger partial charge on any atom is -0.481 e. The van der Waals surface area contributed by atoms with Gasteiger partial charge in [0.2, 0.25) is 0 Å². The minimum atomic E-state index is -0.949. The molecule has 1 atom stereocenters. The molecule has 5 nitrogen and oxygen atoms in total. The van der Waals surface area contributed by atoms with Gasteiger partial charge in [-0.15, -0.1) is 0 Å². The largest absolute Gasteiger partial charge is 0.481 e. The summed E-state index contributed by atoms with van der Waals surface area (Å²) in [5.74, 6) is -0.767. The number of piperidine rings is 1. The van der Waals surface area contributed by atoms with Crippen LogP contribution in [0.1, 0.15) is 48.3 Å². The van der Waals surface area contributed by atoms with Crippen molar-refractivity contribution in [3.05, 3.63) is 89.0 Å². The van der Waals surface area contributed by atoms with Gasteiger partial charge in [-0.05, 0) is 53.5 Å². The molecule has 1 fully saturated rings. The lowest BCUT2D eigenvalue weighted by Crippen LogP contribution is -2.49. The number of carboxylic acids is 1. The fourth-order valence-corrected chi connectivity index (χ4v) is 5.42. The highest BCUT2D eigenvalue weighted by molar-refractivity contribution is 5.83. The maximum Gasteiger partial charge on any atom is 0.409 e. The van der Waals surface area contributed by atoms with Gasteiger partial charge < -0.3 is 14.7 Å². The van der Waals surface area contributed by atoms with Gasteiger partial charge in [-0.2, -0.15) is 0 Å². The smallest absolute Gasteiger partial charge is 0.409 e. The lowest BCUT2D eigenvalue weighted by Gasteiger charge is -2.38. The number of hydrogen-bond donors (Lipinski definition) is 1. The molecular formula is C27H27NO4. The third-order valence-corrected chi connectivity index (χ3v) is 7.23. The number of allylic oxidation sites excluding steroid dienone is 3. The first kappa shape index (κ1) is 20.6. The van der Waals surface area contributed by atoms with Crippen LogP contribution in [0.15, 0.2) is 72.3 Å². The van der Waals surface area contributed by atoms with Crippen LogP contribution in [-0.2, 0) is 14.9 Å². The first-order valence-electron chi connectivity index (χ1n) is 11.3. The lowest BCUT2D eigenvalue weighted by molar-refractivity contribution is -0.145. The van der Waals surface area contributed by atoms with Gasteiger partial charge in [0.05, 0.1) is 5.41 Å². The Morgan fingerprint density at radius 3 is 2.50 bits per heavy atom. The van der Waals surface area contributed by atoms with Crippen LogP contribution in [0.5, 0.6) is 0 Å². The molecule has 2 aromatic carbocycles. The number of benzene rings is 2. The average Bonchev–Trinajstić information content (AvgIpc) is 3.17. The third kappa shape index (κ3) is 3.42. The van der Waals surface area contributed by atoms with Crippen LogP contribution < -0.4 is 0 Å². The summed E-state index contributed by atoms with van der Waals surface area (Å²) in [5, 5.41) is 9.97. The molecule has 1 saturated heterocycles. The summed E-state index contributed by atoms with van der Waals surface area (Å²) in [4.78, 5) is 26.7. The second-order valence-electron chi connectivity index (χ2n) is 8.83. The number of carbonyl (C=O) groups is 2. The average molecular weight is 430 g/mol. The van der Waals surface area contributed by atoms with Gasteiger partial charge in [0, 0.05) is 19.0 Å². The van der Waals surface area contributed by atoms with E-state index in [1.54, 1.807) is 4.90 Å². The van der Waals surface area contributed by atoms with Crippen LogP contribution in [0, 0.1) is 0 Å². The first-order chi connectivity index (χ1) is 15.6. The number of aliphatic carboxylic acids is 1. The van der Waals surface area contributed by atoms with E-state index in [2.05, 4.69) is 30.4 Å². The standard InChI is InChI=1S/C27H27NO4/c29-25(30)27(19-8-2-1-3-9-19)14-16-28(17-15-27)26(31)32-18-24-22-12-6-4-10-20(22)21-11-5-7-13-23(21)24/h1-4,6-10,12-13,24H,5,11,14-18H2,(H,29,30). The molecule has 32 heavy (non-hydrogen) atoms. The Morgan fingerprint density at radius 1 is 1.03 bits per heavy atom. The number of likely N-dealkylation sites (tertiary alicyclic amines) is 1. The number of hydrogen-bond acceptors (Lipinski definition) is 3. The second-order valence-corrected chi connectivity index (χ2v) is 8.83. The Hall–Kier alpha value is -3.34. The first-order valence-corrected chi connectivity index (χ1v) is 11.3. The number of rotatable bonds is 4. The van der Waals surface area contributed by atoms with Gasteiger partial charge in [-0.1, -0.05) is 66.7 Å². The molecule has 0 bridgehead atoms. The summed E-state index contributed by atoms with van der Waals surface area (Å²) in [6.45, 7) is 1.04. The molecule has 1 unspecified atom stereocenters.